The van der Waals surface area contributed by atoms with Gasteiger partial charge in [0.1, 0.15) is 0 Å². The molecule has 0 fully saturated rings. The van der Waals surface area contributed by atoms with Gasteiger partial charge in [0.25, 0.3) is 0 Å². The second kappa shape index (κ2) is 5.02. The average molecular weight is 186 g/mol. The molecule has 2 unspecified atom stereocenters. The summed E-state index contributed by atoms with van der Waals surface area (Å²) in [5.74, 6) is -0.862. The topological polar surface area (TPSA) is 46.5 Å². The van der Waals surface area contributed by atoms with Crippen LogP contribution in [0.1, 0.15) is 27.2 Å². The Morgan fingerprint density at radius 3 is 2.54 bits per heavy atom. The first kappa shape index (κ1) is 12.2. The largest absolute Gasteiger partial charge is 0.469 e. The number of carbonyl (C=O) groups is 1. The van der Waals surface area contributed by atoms with Crippen LogP contribution in [0.5, 0.6) is 0 Å². The lowest BCUT2D eigenvalue weighted by Gasteiger charge is -2.26. The second-order valence-electron chi connectivity index (χ2n) is 3.21. The molecule has 0 saturated carbocycles. The van der Waals surface area contributed by atoms with Gasteiger partial charge in [0.05, 0.1) is 18.6 Å². The molecule has 0 aromatic heterocycles. The van der Waals surface area contributed by atoms with Gasteiger partial charge in [-0.3, -0.25) is 4.79 Å². The minimum absolute atomic E-state index is 0.370. The molecule has 3 nitrogen and oxygen atoms in total. The average Bonchev–Trinajstić information content (AvgIpc) is 2.04. The molecule has 0 bridgehead atoms. The zero-order valence-electron chi connectivity index (χ0n) is 8.70. The van der Waals surface area contributed by atoms with E-state index in [1.165, 1.54) is 7.11 Å². The maximum Gasteiger partial charge on any atom is 0.311 e. The molecule has 0 rings (SSSR count). The SMILES string of the molecule is CC=CC(C)(O)C(CC)C(=O)OC. The van der Waals surface area contributed by atoms with Crippen molar-refractivity contribution in [3.63, 3.8) is 0 Å². The van der Waals surface area contributed by atoms with Gasteiger partial charge >= 0.3 is 5.97 Å². The molecule has 0 aliphatic heterocycles. The van der Waals surface area contributed by atoms with Crippen molar-refractivity contribution in [1.29, 1.82) is 0 Å². The zero-order chi connectivity index (χ0) is 10.5. The lowest BCUT2D eigenvalue weighted by molar-refractivity contribution is -0.152. The zero-order valence-corrected chi connectivity index (χ0v) is 8.70. The minimum Gasteiger partial charge on any atom is -0.469 e. The van der Waals surface area contributed by atoms with Gasteiger partial charge < -0.3 is 9.84 Å². The molecule has 0 spiro atoms. The smallest absolute Gasteiger partial charge is 0.311 e. The standard InChI is InChI=1S/C10H18O3/c1-5-7-10(3,12)8(6-2)9(11)13-4/h5,7-8,12H,6H2,1-4H3. The van der Waals surface area contributed by atoms with Crippen molar-refractivity contribution in [3.8, 4) is 0 Å². The Bertz CT molecular complexity index is 194. The lowest BCUT2D eigenvalue weighted by Crippen LogP contribution is -2.38. The highest BCUT2D eigenvalue weighted by Gasteiger charge is 2.34. The van der Waals surface area contributed by atoms with Crippen LogP contribution >= 0.6 is 0 Å². The van der Waals surface area contributed by atoms with Crippen molar-refractivity contribution in [2.75, 3.05) is 7.11 Å². The Hall–Kier alpha value is -0.830. The molecule has 0 saturated heterocycles. The van der Waals surface area contributed by atoms with E-state index in [9.17, 15) is 9.90 Å². The Labute approximate surface area is 79.4 Å². The molecule has 76 valence electrons. The van der Waals surface area contributed by atoms with Gasteiger partial charge in [-0.25, -0.2) is 0 Å². The van der Waals surface area contributed by atoms with Crippen molar-refractivity contribution >= 4 is 5.97 Å². The fourth-order valence-corrected chi connectivity index (χ4v) is 1.41. The van der Waals surface area contributed by atoms with Crippen molar-refractivity contribution in [1.82, 2.24) is 0 Å². The third-order valence-corrected chi connectivity index (χ3v) is 2.10. The van der Waals surface area contributed by atoms with Gasteiger partial charge in [-0.2, -0.15) is 0 Å². The summed E-state index contributed by atoms with van der Waals surface area (Å²) in [5, 5.41) is 9.89. The predicted molar refractivity (Wildman–Crippen MR) is 51.2 cm³/mol. The summed E-state index contributed by atoms with van der Waals surface area (Å²) in [6.07, 6.45) is 3.90. The van der Waals surface area contributed by atoms with E-state index in [1.807, 2.05) is 6.92 Å². The number of esters is 1. The number of carbonyl (C=O) groups excluding carboxylic acids is 1. The third-order valence-electron chi connectivity index (χ3n) is 2.10. The van der Waals surface area contributed by atoms with E-state index in [4.69, 9.17) is 0 Å². The number of ether oxygens (including phenoxy) is 1. The van der Waals surface area contributed by atoms with Gasteiger partial charge in [0.15, 0.2) is 0 Å². The maximum absolute atomic E-state index is 11.2. The molecule has 0 aliphatic carbocycles. The van der Waals surface area contributed by atoms with Crippen LogP contribution in [0.25, 0.3) is 0 Å². The normalized spacial score (nSPS) is 18.2. The van der Waals surface area contributed by atoms with E-state index in [2.05, 4.69) is 4.74 Å². The van der Waals surface area contributed by atoms with Crippen LogP contribution in [-0.2, 0) is 9.53 Å². The molecule has 13 heavy (non-hydrogen) atoms. The van der Waals surface area contributed by atoms with Crippen molar-refractivity contribution in [3.05, 3.63) is 12.2 Å². The first-order valence-corrected chi connectivity index (χ1v) is 4.43. The number of rotatable bonds is 4. The first-order valence-electron chi connectivity index (χ1n) is 4.43. The summed E-state index contributed by atoms with van der Waals surface area (Å²) in [6, 6.07) is 0. The van der Waals surface area contributed by atoms with Crippen LogP contribution in [0.3, 0.4) is 0 Å². The number of hydrogen-bond donors (Lipinski definition) is 1. The molecule has 0 aromatic carbocycles. The molecule has 2 atom stereocenters. The van der Waals surface area contributed by atoms with Crippen molar-refractivity contribution < 1.29 is 14.6 Å². The fraction of sp³-hybridized carbons (Fsp3) is 0.700. The van der Waals surface area contributed by atoms with E-state index in [0.717, 1.165) is 0 Å². The van der Waals surface area contributed by atoms with Crippen LogP contribution < -0.4 is 0 Å². The van der Waals surface area contributed by atoms with Crippen LogP contribution in [0.2, 0.25) is 0 Å². The Morgan fingerprint density at radius 2 is 2.23 bits per heavy atom. The highest BCUT2D eigenvalue weighted by Crippen LogP contribution is 2.23. The van der Waals surface area contributed by atoms with Crippen LogP contribution in [0.15, 0.2) is 12.2 Å². The van der Waals surface area contributed by atoms with Gasteiger partial charge in [0.2, 0.25) is 0 Å². The van der Waals surface area contributed by atoms with E-state index >= 15 is 0 Å². The molecular weight excluding hydrogens is 168 g/mol. The summed E-state index contributed by atoms with van der Waals surface area (Å²) < 4.78 is 4.60. The van der Waals surface area contributed by atoms with Crippen LogP contribution in [0.4, 0.5) is 0 Å². The number of hydrogen-bond acceptors (Lipinski definition) is 3. The second-order valence-corrected chi connectivity index (χ2v) is 3.21. The molecular formula is C10H18O3. The number of methoxy groups -OCH3 is 1. The molecule has 0 heterocycles. The number of aliphatic hydroxyl groups is 1. The summed E-state index contributed by atoms with van der Waals surface area (Å²) in [7, 11) is 1.33. The third kappa shape index (κ3) is 3.19. The quantitative estimate of drug-likeness (QED) is 0.534. The first-order chi connectivity index (χ1) is 5.99. The summed E-state index contributed by atoms with van der Waals surface area (Å²) >= 11 is 0. The van der Waals surface area contributed by atoms with E-state index in [0.29, 0.717) is 6.42 Å². The van der Waals surface area contributed by atoms with Gasteiger partial charge in [-0.05, 0) is 20.3 Å². The summed E-state index contributed by atoms with van der Waals surface area (Å²) in [4.78, 5) is 11.2. The van der Waals surface area contributed by atoms with E-state index in [-0.39, 0.29) is 5.97 Å². The predicted octanol–water partition coefficient (Wildman–Crippen LogP) is 1.51. The molecule has 3 heteroatoms. The highest BCUT2D eigenvalue weighted by molar-refractivity contribution is 5.74. The van der Waals surface area contributed by atoms with Crippen LogP contribution in [-0.4, -0.2) is 23.8 Å². The van der Waals surface area contributed by atoms with Gasteiger partial charge in [0, 0.05) is 0 Å². The molecule has 0 aromatic rings. The fourth-order valence-electron chi connectivity index (χ4n) is 1.41. The van der Waals surface area contributed by atoms with Gasteiger partial charge in [-0.1, -0.05) is 19.1 Å². The van der Waals surface area contributed by atoms with Crippen molar-refractivity contribution in [2.45, 2.75) is 32.8 Å². The maximum atomic E-state index is 11.2. The molecule has 0 amide bonds. The van der Waals surface area contributed by atoms with E-state index in [1.54, 1.807) is 26.0 Å². The van der Waals surface area contributed by atoms with Crippen LogP contribution in [0, 0.1) is 5.92 Å². The molecule has 0 radical (unpaired) electrons. The lowest BCUT2D eigenvalue weighted by atomic mass is 9.87. The molecule has 1 N–H and O–H groups in total. The Balaban J connectivity index is 4.64. The number of allylic oxidation sites excluding steroid dienone is 1. The summed E-state index contributed by atoms with van der Waals surface area (Å²) in [5.41, 5.74) is -1.11. The van der Waals surface area contributed by atoms with E-state index < -0.39 is 11.5 Å². The van der Waals surface area contributed by atoms with Gasteiger partial charge in [-0.15, -0.1) is 0 Å². The Kier molecular flexibility index (Phi) is 4.70. The summed E-state index contributed by atoms with van der Waals surface area (Å²) in [6.45, 7) is 5.26. The minimum atomic E-state index is -1.11. The highest BCUT2D eigenvalue weighted by atomic mass is 16.5. The van der Waals surface area contributed by atoms with Crippen molar-refractivity contribution in [2.24, 2.45) is 5.92 Å². The molecule has 0 aliphatic rings. The Morgan fingerprint density at radius 1 is 1.69 bits per heavy atom. The monoisotopic (exact) mass is 186 g/mol.